The minimum Gasteiger partial charge on any atom is -0.342 e. The van der Waals surface area contributed by atoms with Crippen LogP contribution in [0.3, 0.4) is 0 Å². The third kappa shape index (κ3) is 2.13. The van der Waals surface area contributed by atoms with E-state index in [0.717, 1.165) is 30.4 Å². The number of benzene rings is 1. The maximum atomic E-state index is 12.3. The van der Waals surface area contributed by atoms with Gasteiger partial charge >= 0.3 is 0 Å². The van der Waals surface area contributed by atoms with E-state index >= 15 is 0 Å². The normalized spacial score (nSPS) is 22.9. The Labute approximate surface area is 110 Å². The van der Waals surface area contributed by atoms with Crippen LogP contribution < -0.4 is 0 Å². The molecule has 1 amide bonds. The molecule has 1 heterocycles. The SMILES string of the molecule is O=C(C1Cc2ccc(Br)cc2C1)N1CCCC1. The van der Waals surface area contributed by atoms with E-state index in [1.165, 1.54) is 24.0 Å². The second kappa shape index (κ2) is 4.45. The summed E-state index contributed by atoms with van der Waals surface area (Å²) in [6.45, 7) is 1.94. The van der Waals surface area contributed by atoms with Crippen molar-refractivity contribution < 1.29 is 4.79 Å². The average molecular weight is 294 g/mol. The first kappa shape index (κ1) is 11.3. The number of nitrogens with zero attached hydrogens (tertiary/aromatic N) is 1. The zero-order chi connectivity index (χ0) is 11.8. The van der Waals surface area contributed by atoms with Crippen molar-refractivity contribution in [1.29, 1.82) is 0 Å². The topological polar surface area (TPSA) is 20.3 Å². The monoisotopic (exact) mass is 293 g/mol. The maximum absolute atomic E-state index is 12.3. The van der Waals surface area contributed by atoms with E-state index in [4.69, 9.17) is 0 Å². The van der Waals surface area contributed by atoms with Crippen LogP contribution in [0.4, 0.5) is 0 Å². The van der Waals surface area contributed by atoms with Gasteiger partial charge in [0, 0.05) is 23.5 Å². The third-order valence-corrected chi connectivity index (χ3v) is 4.36. The summed E-state index contributed by atoms with van der Waals surface area (Å²) >= 11 is 3.49. The summed E-state index contributed by atoms with van der Waals surface area (Å²) in [4.78, 5) is 14.4. The van der Waals surface area contributed by atoms with Crippen LogP contribution in [0, 0.1) is 5.92 Å². The van der Waals surface area contributed by atoms with Gasteiger partial charge in [0.05, 0.1) is 0 Å². The Kier molecular flexibility index (Phi) is 2.95. The summed E-state index contributed by atoms with van der Waals surface area (Å²) in [6.07, 6.45) is 4.20. The van der Waals surface area contributed by atoms with Gasteiger partial charge in [0.2, 0.25) is 5.91 Å². The highest BCUT2D eigenvalue weighted by Crippen LogP contribution is 2.30. The molecule has 1 aromatic rings. The number of carbonyl (C=O) groups is 1. The van der Waals surface area contributed by atoms with Gasteiger partial charge in [-0.25, -0.2) is 0 Å². The van der Waals surface area contributed by atoms with Crippen LogP contribution in [-0.4, -0.2) is 23.9 Å². The lowest BCUT2D eigenvalue weighted by Crippen LogP contribution is -2.34. The predicted molar refractivity (Wildman–Crippen MR) is 70.9 cm³/mol. The van der Waals surface area contributed by atoms with Gasteiger partial charge < -0.3 is 4.90 Å². The molecule has 2 aliphatic rings. The van der Waals surface area contributed by atoms with Crippen molar-refractivity contribution >= 4 is 21.8 Å². The smallest absolute Gasteiger partial charge is 0.226 e. The quantitative estimate of drug-likeness (QED) is 0.780. The van der Waals surface area contributed by atoms with Crippen LogP contribution in [0.5, 0.6) is 0 Å². The summed E-state index contributed by atoms with van der Waals surface area (Å²) in [5.74, 6) is 0.562. The molecular weight excluding hydrogens is 278 g/mol. The molecule has 3 heteroatoms. The van der Waals surface area contributed by atoms with Crippen molar-refractivity contribution in [3.8, 4) is 0 Å². The van der Waals surface area contributed by atoms with Crippen LogP contribution in [0.2, 0.25) is 0 Å². The van der Waals surface area contributed by atoms with Crippen LogP contribution in [0.1, 0.15) is 24.0 Å². The molecule has 0 spiro atoms. The first-order valence-corrected chi connectivity index (χ1v) is 7.09. The van der Waals surface area contributed by atoms with Gasteiger partial charge in [0.15, 0.2) is 0 Å². The molecule has 0 saturated carbocycles. The number of carbonyl (C=O) groups excluding carboxylic acids is 1. The summed E-state index contributed by atoms with van der Waals surface area (Å²) < 4.78 is 1.12. The minimum atomic E-state index is 0.192. The number of halogens is 1. The Hall–Kier alpha value is -0.830. The minimum absolute atomic E-state index is 0.192. The zero-order valence-electron chi connectivity index (χ0n) is 9.79. The molecule has 2 nitrogen and oxygen atoms in total. The van der Waals surface area contributed by atoms with E-state index in [0.29, 0.717) is 5.91 Å². The largest absolute Gasteiger partial charge is 0.342 e. The molecule has 1 saturated heterocycles. The fourth-order valence-electron chi connectivity index (χ4n) is 2.96. The molecule has 3 rings (SSSR count). The molecule has 90 valence electrons. The number of amides is 1. The van der Waals surface area contributed by atoms with Gasteiger partial charge in [-0.2, -0.15) is 0 Å². The van der Waals surface area contributed by atoms with Crippen molar-refractivity contribution in [3.63, 3.8) is 0 Å². The van der Waals surface area contributed by atoms with E-state index in [9.17, 15) is 4.79 Å². The lowest BCUT2D eigenvalue weighted by atomic mass is 10.1. The summed E-state index contributed by atoms with van der Waals surface area (Å²) in [5.41, 5.74) is 2.70. The lowest BCUT2D eigenvalue weighted by Gasteiger charge is -2.19. The van der Waals surface area contributed by atoms with Gasteiger partial charge in [-0.3, -0.25) is 4.79 Å². The van der Waals surface area contributed by atoms with Crippen LogP contribution in [0.15, 0.2) is 22.7 Å². The maximum Gasteiger partial charge on any atom is 0.226 e. The molecule has 17 heavy (non-hydrogen) atoms. The number of hydrogen-bond donors (Lipinski definition) is 0. The molecule has 0 radical (unpaired) electrons. The Morgan fingerprint density at radius 3 is 2.65 bits per heavy atom. The first-order valence-electron chi connectivity index (χ1n) is 6.30. The van der Waals surface area contributed by atoms with Crippen molar-refractivity contribution in [1.82, 2.24) is 4.90 Å². The van der Waals surface area contributed by atoms with Crippen molar-refractivity contribution in [3.05, 3.63) is 33.8 Å². The van der Waals surface area contributed by atoms with E-state index < -0.39 is 0 Å². The van der Waals surface area contributed by atoms with Gasteiger partial charge in [0.1, 0.15) is 0 Å². The van der Waals surface area contributed by atoms with Gasteiger partial charge in [-0.1, -0.05) is 22.0 Å². The Morgan fingerprint density at radius 2 is 1.88 bits per heavy atom. The molecule has 1 aliphatic carbocycles. The van der Waals surface area contributed by atoms with Crippen molar-refractivity contribution in [2.45, 2.75) is 25.7 Å². The second-order valence-electron chi connectivity index (χ2n) is 5.05. The van der Waals surface area contributed by atoms with Crippen LogP contribution in [-0.2, 0) is 17.6 Å². The standard InChI is InChI=1S/C14H16BrNO/c15-13-4-3-10-7-12(8-11(10)9-13)14(17)16-5-1-2-6-16/h3-4,9,12H,1-2,5-8H2. The van der Waals surface area contributed by atoms with Gasteiger partial charge in [-0.15, -0.1) is 0 Å². The third-order valence-electron chi connectivity index (χ3n) is 3.87. The molecule has 0 N–H and O–H groups in total. The number of rotatable bonds is 1. The van der Waals surface area contributed by atoms with Crippen LogP contribution >= 0.6 is 15.9 Å². The van der Waals surface area contributed by atoms with E-state index in [2.05, 4.69) is 34.1 Å². The molecule has 1 aliphatic heterocycles. The number of fused-ring (bicyclic) bond motifs is 1. The lowest BCUT2D eigenvalue weighted by molar-refractivity contribution is -0.134. The van der Waals surface area contributed by atoms with Gasteiger partial charge in [0.25, 0.3) is 0 Å². The number of likely N-dealkylation sites (tertiary alicyclic amines) is 1. The van der Waals surface area contributed by atoms with Crippen molar-refractivity contribution in [2.24, 2.45) is 5.92 Å². The van der Waals surface area contributed by atoms with Gasteiger partial charge in [-0.05, 0) is 48.9 Å². The highest BCUT2D eigenvalue weighted by Gasteiger charge is 2.31. The first-order chi connectivity index (χ1) is 8.24. The molecular formula is C14H16BrNO. The number of hydrogen-bond acceptors (Lipinski definition) is 1. The van der Waals surface area contributed by atoms with E-state index in [1.54, 1.807) is 0 Å². The highest BCUT2D eigenvalue weighted by molar-refractivity contribution is 9.10. The molecule has 1 atom stereocenters. The second-order valence-corrected chi connectivity index (χ2v) is 5.97. The molecule has 1 aromatic carbocycles. The molecule has 1 fully saturated rings. The predicted octanol–water partition coefficient (Wildman–Crippen LogP) is 2.79. The molecule has 1 unspecified atom stereocenters. The summed E-state index contributed by atoms with van der Waals surface area (Å²) in [6, 6.07) is 6.38. The molecule has 0 aromatic heterocycles. The van der Waals surface area contributed by atoms with E-state index in [1.807, 2.05) is 4.90 Å². The summed E-state index contributed by atoms with van der Waals surface area (Å²) in [7, 11) is 0. The Bertz CT molecular complexity index is 452. The Morgan fingerprint density at radius 1 is 1.18 bits per heavy atom. The fraction of sp³-hybridized carbons (Fsp3) is 0.500. The highest BCUT2D eigenvalue weighted by atomic mass is 79.9. The summed E-state index contributed by atoms with van der Waals surface area (Å²) in [5, 5.41) is 0. The van der Waals surface area contributed by atoms with Crippen LogP contribution in [0.25, 0.3) is 0 Å². The zero-order valence-corrected chi connectivity index (χ0v) is 11.4. The van der Waals surface area contributed by atoms with E-state index in [-0.39, 0.29) is 5.92 Å². The molecule has 0 bridgehead atoms. The fourth-order valence-corrected chi connectivity index (χ4v) is 3.37. The Balaban J connectivity index is 1.75. The average Bonchev–Trinajstić information content (AvgIpc) is 2.96. The van der Waals surface area contributed by atoms with Crippen molar-refractivity contribution in [2.75, 3.05) is 13.1 Å².